The smallest absolute Gasteiger partial charge is 0.410 e. The van der Waals surface area contributed by atoms with Crippen molar-refractivity contribution < 1.29 is 9.53 Å². The van der Waals surface area contributed by atoms with Crippen molar-refractivity contribution >= 4 is 12.1 Å². The fourth-order valence-corrected chi connectivity index (χ4v) is 3.67. The van der Waals surface area contributed by atoms with Crippen molar-refractivity contribution in [1.29, 1.82) is 0 Å². The minimum absolute atomic E-state index is 0.212. The maximum Gasteiger partial charge on any atom is 0.410 e. The molecule has 3 rings (SSSR count). The molecule has 0 aromatic carbocycles. The summed E-state index contributed by atoms with van der Waals surface area (Å²) in [5.41, 5.74) is -0.444. The number of piperazine rings is 1. The number of hydrogen-bond donors (Lipinski definition) is 1. The fourth-order valence-electron chi connectivity index (χ4n) is 3.67. The van der Waals surface area contributed by atoms with Crippen LogP contribution < -0.4 is 5.32 Å². The molecular formula is C17H31N5O2. The Hall–Kier alpha value is -1.50. The van der Waals surface area contributed by atoms with Gasteiger partial charge in [-0.05, 0) is 47.2 Å². The molecule has 1 N–H and O–H groups in total. The summed E-state index contributed by atoms with van der Waals surface area (Å²) in [6, 6.07) is 0.880. The molecular weight excluding hydrogens is 306 g/mol. The molecule has 0 aromatic heterocycles. The second-order valence-electron chi connectivity index (χ2n) is 8.10. The number of carbonyl (C=O) groups excluding carboxylic acids is 1. The minimum Gasteiger partial charge on any atom is -0.444 e. The fraction of sp³-hybridized carbons (Fsp3) is 0.882. The van der Waals surface area contributed by atoms with Crippen LogP contribution >= 0.6 is 0 Å². The molecule has 0 aromatic rings. The quantitative estimate of drug-likeness (QED) is 0.813. The number of aliphatic imine (C=N–C) groups is 1. The van der Waals surface area contributed by atoms with E-state index in [1.165, 1.54) is 19.4 Å². The summed E-state index contributed by atoms with van der Waals surface area (Å²) in [4.78, 5) is 23.5. The predicted octanol–water partition coefficient (Wildman–Crippen LogP) is 0.961. The van der Waals surface area contributed by atoms with Crippen LogP contribution in [0.5, 0.6) is 0 Å². The second kappa shape index (κ2) is 6.78. The number of ether oxygens (including phenoxy) is 1. The van der Waals surface area contributed by atoms with Crippen molar-refractivity contribution in [2.24, 2.45) is 4.99 Å². The monoisotopic (exact) mass is 337 g/mol. The van der Waals surface area contributed by atoms with Crippen LogP contribution in [0, 0.1) is 0 Å². The van der Waals surface area contributed by atoms with Crippen LogP contribution in [0.1, 0.15) is 33.6 Å². The lowest BCUT2D eigenvalue weighted by atomic mass is 10.2. The van der Waals surface area contributed by atoms with Crippen molar-refractivity contribution in [1.82, 2.24) is 20.0 Å². The molecule has 7 nitrogen and oxygen atoms in total. The molecule has 2 fully saturated rings. The summed E-state index contributed by atoms with van der Waals surface area (Å²) in [6.07, 6.45) is 2.33. The Morgan fingerprint density at radius 1 is 1.33 bits per heavy atom. The molecule has 2 atom stereocenters. The minimum atomic E-state index is -0.444. The first-order valence-corrected chi connectivity index (χ1v) is 9.06. The van der Waals surface area contributed by atoms with Crippen molar-refractivity contribution in [3.8, 4) is 0 Å². The van der Waals surface area contributed by atoms with Crippen LogP contribution in [0.2, 0.25) is 0 Å². The normalized spacial score (nSPS) is 27.9. The maximum absolute atomic E-state index is 12.2. The Morgan fingerprint density at radius 3 is 2.79 bits per heavy atom. The zero-order valence-corrected chi connectivity index (χ0v) is 15.4. The number of amides is 1. The van der Waals surface area contributed by atoms with Gasteiger partial charge in [-0.25, -0.2) is 4.79 Å². The van der Waals surface area contributed by atoms with Crippen LogP contribution in [0.3, 0.4) is 0 Å². The highest BCUT2D eigenvalue weighted by molar-refractivity contribution is 5.82. The molecule has 0 radical (unpaired) electrons. The van der Waals surface area contributed by atoms with Crippen LogP contribution in [-0.2, 0) is 4.74 Å². The van der Waals surface area contributed by atoms with E-state index < -0.39 is 5.60 Å². The molecule has 3 aliphatic heterocycles. The highest BCUT2D eigenvalue weighted by atomic mass is 16.6. The number of hydrogen-bond acceptors (Lipinski definition) is 6. The largest absolute Gasteiger partial charge is 0.444 e. The van der Waals surface area contributed by atoms with E-state index in [0.29, 0.717) is 19.1 Å². The summed E-state index contributed by atoms with van der Waals surface area (Å²) in [6.45, 7) is 10.8. The van der Waals surface area contributed by atoms with Gasteiger partial charge in [-0.2, -0.15) is 0 Å². The number of guanidine groups is 1. The van der Waals surface area contributed by atoms with Gasteiger partial charge >= 0.3 is 6.09 Å². The zero-order valence-electron chi connectivity index (χ0n) is 15.4. The highest BCUT2D eigenvalue weighted by Crippen LogP contribution is 2.19. The van der Waals surface area contributed by atoms with E-state index in [4.69, 9.17) is 4.74 Å². The third-order valence-corrected chi connectivity index (χ3v) is 5.03. The Morgan fingerprint density at radius 2 is 2.12 bits per heavy atom. The van der Waals surface area contributed by atoms with Crippen LogP contribution in [-0.4, -0.2) is 90.8 Å². The number of nitrogens with one attached hydrogen (secondary N) is 1. The van der Waals surface area contributed by atoms with Gasteiger partial charge in [-0.3, -0.25) is 4.99 Å². The van der Waals surface area contributed by atoms with Crippen molar-refractivity contribution in [3.63, 3.8) is 0 Å². The van der Waals surface area contributed by atoms with Gasteiger partial charge in [-0.1, -0.05) is 0 Å². The third-order valence-electron chi connectivity index (χ3n) is 5.03. The predicted molar refractivity (Wildman–Crippen MR) is 94.3 cm³/mol. The number of fused-ring (bicyclic) bond motifs is 1. The van der Waals surface area contributed by atoms with Crippen molar-refractivity contribution in [2.75, 3.05) is 46.3 Å². The summed E-state index contributed by atoms with van der Waals surface area (Å²) >= 11 is 0. The van der Waals surface area contributed by atoms with Crippen LogP contribution in [0.4, 0.5) is 4.79 Å². The SMILES string of the molecule is CN1CCCC1CNC1=NCC2CN(C(=O)OC(C)(C)C)CCN12. The van der Waals surface area contributed by atoms with Crippen LogP contribution in [0.15, 0.2) is 4.99 Å². The topological polar surface area (TPSA) is 60.4 Å². The van der Waals surface area contributed by atoms with Gasteiger partial charge in [0.1, 0.15) is 5.60 Å². The maximum atomic E-state index is 12.2. The molecule has 0 bridgehead atoms. The molecule has 24 heavy (non-hydrogen) atoms. The average molecular weight is 337 g/mol. The first kappa shape index (κ1) is 17.3. The van der Waals surface area contributed by atoms with E-state index in [0.717, 1.165) is 25.6 Å². The van der Waals surface area contributed by atoms with E-state index in [1.54, 1.807) is 0 Å². The molecule has 7 heteroatoms. The Bertz CT molecular complexity index is 502. The van der Waals surface area contributed by atoms with Gasteiger partial charge in [0, 0.05) is 32.2 Å². The second-order valence-corrected chi connectivity index (χ2v) is 8.10. The lowest BCUT2D eigenvalue weighted by Gasteiger charge is -2.39. The van der Waals surface area contributed by atoms with Crippen LogP contribution in [0.25, 0.3) is 0 Å². The number of carbonyl (C=O) groups is 1. The first-order valence-electron chi connectivity index (χ1n) is 9.06. The van der Waals surface area contributed by atoms with Gasteiger partial charge in [0.25, 0.3) is 0 Å². The average Bonchev–Trinajstić information content (AvgIpc) is 3.09. The molecule has 2 unspecified atom stereocenters. The summed E-state index contributed by atoms with van der Waals surface area (Å²) < 4.78 is 5.49. The number of rotatable bonds is 2. The molecule has 0 spiro atoms. The molecule has 0 aliphatic carbocycles. The lowest BCUT2D eigenvalue weighted by Crippen LogP contribution is -2.58. The van der Waals surface area contributed by atoms with Gasteiger partial charge in [0.15, 0.2) is 5.96 Å². The highest BCUT2D eigenvalue weighted by Gasteiger charge is 2.36. The molecule has 3 heterocycles. The zero-order chi connectivity index (χ0) is 17.3. The lowest BCUT2D eigenvalue weighted by molar-refractivity contribution is 0.0137. The van der Waals surface area contributed by atoms with E-state index in [2.05, 4.69) is 27.2 Å². The van der Waals surface area contributed by atoms with E-state index >= 15 is 0 Å². The standard InChI is InChI=1S/C17H31N5O2/c1-17(2,3)24-16(23)21-8-9-22-14(12-21)11-19-15(22)18-10-13-6-5-7-20(13)4/h13-14H,5-12H2,1-4H3,(H,18,19). The van der Waals surface area contributed by atoms with Gasteiger partial charge in [0.05, 0.1) is 12.6 Å². The summed E-state index contributed by atoms with van der Waals surface area (Å²) in [5, 5.41) is 3.54. The molecule has 1 amide bonds. The Kier molecular flexibility index (Phi) is 4.90. The third kappa shape index (κ3) is 3.94. The van der Waals surface area contributed by atoms with E-state index in [1.807, 2.05) is 25.7 Å². The van der Waals surface area contributed by atoms with Gasteiger partial charge in [-0.15, -0.1) is 0 Å². The number of likely N-dealkylation sites (N-methyl/N-ethyl adjacent to an activating group) is 1. The molecule has 3 aliphatic rings. The van der Waals surface area contributed by atoms with Gasteiger partial charge < -0.3 is 24.8 Å². The van der Waals surface area contributed by atoms with Crippen molar-refractivity contribution in [2.45, 2.75) is 51.3 Å². The number of likely N-dealkylation sites (tertiary alicyclic amines) is 1. The van der Waals surface area contributed by atoms with Gasteiger partial charge in [0.2, 0.25) is 0 Å². The number of nitrogens with zero attached hydrogens (tertiary/aromatic N) is 4. The van der Waals surface area contributed by atoms with E-state index in [-0.39, 0.29) is 12.1 Å². The molecule has 136 valence electrons. The van der Waals surface area contributed by atoms with Crippen molar-refractivity contribution in [3.05, 3.63) is 0 Å². The summed E-state index contributed by atoms with van der Waals surface area (Å²) in [7, 11) is 2.19. The molecule has 0 saturated carbocycles. The summed E-state index contributed by atoms with van der Waals surface area (Å²) in [5.74, 6) is 1.00. The molecule has 2 saturated heterocycles. The van der Waals surface area contributed by atoms with E-state index in [9.17, 15) is 4.79 Å². The Labute approximate surface area is 145 Å². The first-order chi connectivity index (χ1) is 11.3. The Balaban J connectivity index is 1.48.